The van der Waals surface area contributed by atoms with Crippen molar-refractivity contribution in [2.45, 2.75) is 25.3 Å². The van der Waals surface area contributed by atoms with Crippen molar-refractivity contribution in [3.63, 3.8) is 0 Å². The Balaban J connectivity index is 3.12. The molecule has 0 aliphatic carbocycles. The molecule has 0 saturated carbocycles. The van der Waals surface area contributed by atoms with Gasteiger partial charge >= 0.3 is 0 Å². The van der Waals surface area contributed by atoms with Crippen LogP contribution in [0.3, 0.4) is 0 Å². The van der Waals surface area contributed by atoms with E-state index in [2.05, 4.69) is 38.4 Å². The molecule has 1 unspecified atom stereocenters. The molecule has 1 rings (SSSR count). The molecule has 0 aromatic heterocycles. The average molecular weight is 205 g/mol. The van der Waals surface area contributed by atoms with E-state index in [9.17, 15) is 0 Å². The molecule has 1 aromatic carbocycles. The van der Waals surface area contributed by atoms with Crippen LogP contribution in [0, 0.1) is 0 Å². The zero-order valence-corrected chi connectivity index (χ0v) is 10.2. The Morgan fingerprint density at radius 1 is 1.29 bits per heavy atom. The molecule has 2 heteroatoms. The molecule has 0 amide bonds. The Morgan fingerprint density at radius 3 is 2.36 bits per heavy atom. The highest BCUT2D eigenvalue weighted by Crippen LogP contribution is 2.25. The molecular weight excluding hydrogens is 186 g/mol. The van der Waals surface area contributed by atoms with E-state index in [-0.39, 0.29) is 5.67 Å². The van der Waals surface area contributed by atoms with Crippen molar-refractivity contribution in [3.8, 4) is 0 Å². The summed E-state index contributed by atoms with van der Waals surface area (Å²) in [6, 6.07) is 8.25. The van der Waals surface area contributed by atoms with Crippen LogP contribution in [-0.4, -0.2) is 8.07 Å². The fourth-order valence-corrected chi connectivity index (χ4v) is 2.64. The molecule has 0 bridgehead atoms. The quantitative estimate of drug-likeness (QED) is 0.753. The summed E-state index contributed by atoms with van der Waals surface area (Å²) in [4.78, 5) is 0. The van der Waals surface area contributed by atoms with Gasteiger partial charge in [0.15, 0.2) is 0 Å². The topological polar surface area (TPSA) is 26.0 Å². The number of rotatable bonds is 3. The Morgan fingerprint density at radius 2 is 1.86 bits per heavy atom. The lowest BCUT2D eigenvalue weighted by Gasteiger charge is -2.26. The van der Waals surface area contributed by atoms with Crippen LogP contribution in [0.5, 0.6) is 0 Å². The standard InChI is InChI=1S/C12H19NSi/c1-5-10-8-6-7-9-11(10)12(13)14(2,3)4/h5-9,12H,1,13H2,2-4H3. The maximum atomic E-state index is 6.26. The minimum atomic E-state index is -1.32. The normalized spacial score (nSPS) is 13.7. The molecule has 0 aliphatic rings. The predicted molar refractivity (Wildman–Crippen MR) is 66.8 cm³/mol. The summed E-state index contributed by atoms with van der Waals surface area (Å²) in [5, 5.41) is 0. The van der Waals surface area contributed by atoms with Crippen LogP contribution >= 0.6 is 0 Å². The Bertz CT molecular complexity index is 325. The maximum absolute atomic E-state index is 6.26. The third-order valence-electron chi connectivity index (χ3n) is 2.48. The van der Waals surface area contributed by atoms with Crippen LogP contribution in [0.1, 0.15) is 16.8 Å². The van der Waals surface area contributed by atoms with Gasteiger partial charge in [0.05, 0.1) is 8.07 Å². The number of hydrogen-bond acceptors (Lipinski definition) is 1. The highest BCUT2D eigenvalue weighted by atomic mass is 28.3. The maximum Gasteiger partial charge on any atom is 0.0689 e. The minimum absolute atomic E-state index is 0.191. The van der Waals surface area contributed by atoms with Crippen molar-refractivity contribution in [1.29, 1.82) is 0 Å². The van der Waals surface area contributed by atoms with Crippen LogP contribution in [0.2, 0.25) is 19.6 Å². The van der Waals surface area contributed by atoms with Crippen molar-refractivity contribution < 1.29 is 0 Å². The molecule has 0 fully saturated rings. The summed E-state index contributed by atoms with van der Waals surface area (Å²) in [5.41, 5.74) is 8.86. The van der Waals surface area contributed by atoms with Crippen LogP contribution in [0.15, 0.2) is 30.8 Å². The lowest BCUT2D eigenvalue weighted by molar-refractivity contribution is 0.957. The first-order chi connectivity index (χ1) is 6.46. The molecule has 0 aliphatic heterocycles. The fourth-order valence-electron chi connectivity index (χ4n) is 1.45. The van der Waals surface area contributed by atoms with Gasteiger partial charge in [-0.1, -0.05) is 56.6 Å². The van der Waals surface area contributed by atoms with Gasteiger partial charge in [0.2, 0.25) is 0 Å². The van der Waals surface area contributed by atoms with Gasteiger partial charge in [-0.3, -0.25) is 0 Å². The van der Waals surface area contributed by atoms with Gasteiger partial charge in [0, 0.05) is 5.67 Å². The van der Waals surface area contributed by atoms with E-state index in [1.165, 1.54) is 11.1 Å². The van der Waals surface area contributed by atoms with Gasteiger partial charge in [0.25, 0.3) is 0 Å². The van der Waals surface area contributed by atoms with Gasteiger partial charge in [-0.2, -0.15) is 0 Å². The summed E-state index contributed by atoms with van der Waals surface area (Å²) in [6.45, 7) is 10.7. The number of nitrogens with two attached hydrogens (primary N) is 1. The van der Waals surface area contributed by atoms with E-state index >= 15 is 0 Å². The second-order valence-electron chi connectivity index (χ2n) is 4.68. The molecule has 0 saturated heterocycles. The Kier molecular flexibility index (Phi) is 3.29. The lowest BCUT2D eigenvalue weighted by Crippen LogP contribution is -2.37. The van der Waals surface area contributed by atoms with Gasteiger partial charge in [-0.05, 0) is 11.1 Å². The molecule has 0 spiro atoms. The molecular formula is C12H19NSi. The summed E-state index contributed by atoms with van der Waals surface area (Å²) in [7, 11) is -1.32. The van der Waals surface area contributed by atoms with Crippen LogP contribution in [-0.2, 0) is 0 Å². The summed E-state index contributed by atoms with van der Waals surface area (Å²) in [5.74, 6) is 0. The van der Waals surface area contributed by atoms with Crippen molar-refractivity contribution in [3.05, 3.63) is 42.0 Å². The van der Waals surface area contributed by atoms with Crippen molar-refractivity contribution >= 4 is 14.1 Å². The highest BCUT2D eigenvalue weighted by molar-refractivity contribution is 6.77. The van der Waals surface area contributed by atoms with Crippen LogP contribution in [0.4, 0.5) is 0 Å². The number of benzene rings is 1. The van der Waals surface area contributed by atoms with E-state index in [4.69, 9.17) is 5.73 Å². The molecule has 0 radical (unpaired) electrons. The molecule has 76 valence electrons. The van der Waals surface area contributed by atoms with Crippen molar-refractivity contribution in [2.24, 2.45) is 5.73 Å². The average Bonchev–Trinajstić information content (AvgIpc) is 2.15. The summed E-state index contributed by atoms with van der Waals surface area (Å²) >= 11 is 0. The van der Waals surface area contributed by atoms with Crippen LogP contribution < -0.4 is 5.73 Å². The first-order valence-corrected chi connectivity index (χ1v) is 8.51. The first kappa shape index (κ1) is 11.2. The minimum Gasteiger partial charge on any atom is -0.326 e. The zero-order chi connectivity index (χ0) is 10.8. The van der Waals surface area contributed by atoms with Crippen molar-refractivity contribution in [2.75, 3.05) is 0 Å². The highest BCUT2D eigenvalue weighted by Gasteiger charge is 2.25. The first-order valence-electron chi connectivity index (χ1n) is 4.93. The largest absolute Gasteiger partial charge is 0.326 e. The number of hydrogen-bond donors (Lipinski definition) is 1. The van der Waals surface area contributed by atoms with E-state index in [1.807, 2.05) is 18.2 Å². The van der Waals surface area contributed by atoms with E-state index in [0.29, 0.717) is 0 Å². The summed E-state index contributed by atoms with van der Waals surface area (Å²) in [6.07, 6.45) is 1.88. The van der Waals surface area contributed by atoms with Crippen LogP contribution in [0.25, 0.3) is 6.08 Å². The molecule has 0 heterocycles. The predicted octanol–water partition coefficient (Wildman–Crippen LogP) is 3.21. The third kappa shape index (κ3) is 2.34. The Labute approximate surface area is 87.7 Å². The molecule has 2 N–H and O–H groups in total. The van der Waals surface area contributed by atoms with Crippen molar-refractivity contribution in [1.82, 2.24) is 0 Å². The van der Waals surface area contributed by atoms with E-state index in [0.717, 1.165) is 0 Å². The van der Waals surface area contributed by atoms with E-state index < -0.39 is 8.07 Å². The Hall–Kier alpha value is -0.863. The van der Waals surface area contributed by atoms with Gasteiger partial charge in [0.1, 0.15) is 0 Å². The van der Waals surface area contributed by atoms with E-state index in [1.54, 1.807) is 0 Å². The van der Waals surface area contributed by atoms with Gasteiger partial charge in [-0.15, -0.1) is 0 Å². The third-order valence-corrected chi connectivity index (χ3v) is 4.66. The fraction of sp³-hybridized carbons (Fsp3) is 0.333. The molecule has 14 heavy (non-hydrogen) atoms. The SMILES string of the molecule is C=Cc1ccccc1C(N)[Si](C)(C)C. The second kappa shape index (κ2) is 4.11. The summed E-state index contributed by atoms with van der Waals surface area (Å²) < 4.78 is 0. The molecule has 1 aromatic rings. The van der Waals surface area contributed by atoms with Gasteiger partial charge < -0.3 is 5.73 Å². The smallest absolute Gasteiger partial charge is 0.0689 e. The second-order valence-corrected chi connectivity index (χ2v) is 10.0. The molecule has 1 atom stereocenters. The zero-order valence-electron chi connectivity index (χ0n) is 9.25. The molecule has 1 nitrogen and oxygen atoms in total. The lowest BCUT2D eigenvalue weighted by atomic mass is 10.1. The monoisotopic (exact) mass is 205 g/mol. The van der Waals surface area contributed by atoms with Gasteiger partial charge in [-0.25, -0.2) is 0 Å².